The third-order valence-corrected chi connectivity index (χ3v) is 3.68. The molecule has 0 amide bonds. The normalized spacial score (nSPS) is 16.0. The van der Waals surface area contributed by atoms with Gasteiger partial charge in [-0.2, -0.15) is 0 Å². The van der Waals surface area contributed by atoms with Crippen molar-refractivity contribution in [3.05, 3.63) is 40.2 Å². The molecule has 0 bridgehead atoms. The first-order chi connectivity index (χ1) is 11.9. The van der Waals surface area contributed by atoms with Crippen molar-refractivity contribution < 1.29 is 34.4 Å². The van der Waals surface area contributed by atoms with E-state index in [0.717, 1.165) is 6.07 Å². The summed E-state index contributed by atoms with van der Waals surface area (Å²) in [5, 5.41) is 40.8. The highest BCUT2D eigenvalue weighted by Crippen LogP contribution is 2.21. The summed E-state index contributed by atoms with van der Waals surface area (Å²) in [7, 11) is 0. The van der Waals surface area contributed by atoms with E-state index in [2.05, 4.69) is 5.32 Å². The average molecular weight is 351 g/mol. The van der Waals surface area contributed by atoms with Crippen LogP contribution < -0.4 is 10.9 Å². The van der Waals surface area contributed by atoms with Gasteiger partial charge in [-0.3, -0.25) is 4.79 Å². The van der Waals surface area contributed by atoms with E-state index >= 15 is 0 Å². The fraction of sp³-hybridized carbons (Fsp3) is 0.312. The lowest BCUT2D eigenvalue weighted by Crippen LogP contribution is -2.49. The van der Waals surface area contributed by atoms with Crippen molar-refractivity contribution >= 4 is 29.2 Å². The first-order valence-electron chi connectivity index (χ1n) is 7.31. The van der Waals surface area contributed by atoms with Crippen LogP contribution in [0.5, 0.6) is 0 Å². The summed E-state index contributed by atoms with van der Waals surface area (Å²) < 4.78 is 5.00. The van der Waals surface area contributed by atoms with Gasteiger partial charge in [0.1, 0.15) is 36.2 Å². The molecule has 0 aliphatic rings. The van der Waals surface area contributed by atoms with Crippen molar-refractivity contribution in [2.75, 3.05) is 11.9 Å². The zero-order chi connectivity index (χ0) is 18.6. The minimum atomic E-state index is -1.76. The molecule has 1 aromatic carbocycles. The smallest absolute Gasteiger partial charge is 0.336 e. The molecule has 2 rings (SSSR count). The summed E-state index contributed by atoms with van der Waals surface area (Å²) in [6, 6.07) is 4.05. The summed E-state index contributed by atoms with van der Waals surface area (Å²) in [6.07, 6.45) is -4.25. The highest BCUT2D eigenvalue weighted by molar-refractivity contribution is 5.96. The molecule has 0 aliphatic carbocycles. The summed E-state index contributed by atoms with van der Waals surface area (Å²) in [5.41, 5.74) is -0.221. The lowest BCUT2D eigenvalue weighted by Gasteiger charge is -2.26. The maximum atomic E-state index is 11.4. The number of hydrogen-bond donors (Lipinski definition) is 5. The van der Waals surface area contributed by atoms with Gasteiger partial charge >= 0.3 is 5.63 Å². The molecule has 2 aromatic rings. The third kappa shape index (κ3) is 4.09. The highest BCUT2D eigenvalue weighted by Gasteiger charge is 2.31. The van der Waals surface area contributed by atoms with Gasteiger partial charge in [0.25, 0.3) is 0 Å². The molecule has 1 heterocycles. The van der Waals surface area contributed by atoms with Crippen molar-refractivity contribution in [2.45, 2.75) is 24.4 Å². The number of carbonyl (C=O) groups is 2. The number of aliphatic hydroxyl groups is 4. The first kappa shape index (κ1) is 18.7. The van der Waals surface area contributed by atoms with Crippen molar-refractivity contribution in [1.29, 1.82) is 0 Å². The van der Waals surface area contributed by atoms with Crippen molar-refractivity contribution in [3.8, 4) is 0 Å². The maximum Gasteiger partial charge on any atom is 0.336 e. The molecule has 4 atom stereocenters. The molecule has 0 aliphatic heterocycles. The van der Waals surface area contributed by atoms with E-state index in [1.807, 2.05) is 0 Å². The predicted molar refractivity (Wildman–Crippen MR) is 86.5 cm³/mol. The van der Waals surface area contributed by atoms with Crippen LogP contribution in [0, 0.1) is 0 Å². The van der Waals surface area contributed by atoms with Crippen LogP contribution in [0.25, 0.3) is 11.0 Å². The van der Waals surface area contributed by atoms with E-state index in [1.54, 1.807) is 0 Å². The van der Waals surface area contributed by atoms with E-state index < -0.39 is 36.6 Å². The van der Waals surface area contributed by atoms with Gasteiger partial charge < -0.3 is 35.0 Å². The standard InChI is InChI=1S/C16H17NO8/c18-5-8-3-14(22)25-13-4-9(1-2-10(8)13)17-11(6-19)15(23)16(24)12(21)7-20/h1-6,11-12,15-17,20-21,23-24H,7H2/t11-,12+,15+,16+/m0/s1. The summed E-state index contributed by atoms with van der Waals surface area (Å²) >= 11 is 0. The van der Waals surface area contributed by atoms with Gasteiger partial charge in [0.05, 0.1) is 6.61 Å². The summed E-state index contributed by atoms with van der Waals surface area (Å²) in [5.74, 6) is 0. The number of nitrogens with one attached hydrogen (secondary N) is 1. The largest absolute Gasteiger partial charge is 0.423 e. The van der Waals surface area contributed by atoms with Crippen LogP contribution in [0.3, 0.4) is 0 Å². The number of anilines is 1. The molecule has 1 aromatic heterocycles. The number of fused-ring (bicyclic) bond motifs is 1. The van der Waals surface area contributed by atoms with Gasteiger partial charge in [-0.1, -0.05) is 0 Å². The number of aliphatic hydroxyl groups excluding tert-OH is 4. The highest BCUT2D eigenvalue weighted by atomic mass is 16.4. The molecule has 9 heteroatoms. The Morgan fingerprint density at radius 2 is 1.84 bits per heavy atom. The molecule has 0 radical (unpaired) electrons. The number of hydrogen-bond acceptors (Lipinski definition) is 9. The van der Waals surface area contributed by atoms with Gasteiger partial charge in [-0.15, -0.1) is 0 Å². The van der Waals surface area contributed by atoms with E-state index in [0.29, 0.717) is 18.0 Å². The van der Waals surface area contributed by atoms with Crippen molar-refractivity contribution in [2.24, 2.45) is 0 Å². The Bertz CT molecular complexity index is 817. The second-order valence-electron chi connectivity index (χ2n) is 5.39. The van der Waals surface area contributed by atoms with Gasteiger partial charge in [-0.25, -0.2) is 4.79 Å². The lowest BCUT2D eigenvalue weighted by atomic mass is 10.0. The van der Waals surface area contributed by atoms with E-state index in [4.69, 9.17) is 9.52 Å². The van der Waals surface area contributed by atoms with Crippen LogP contribution >= 0.6 is 0 Å². The fourth-order valence-electron chi connectivity index (χ4n) is 2.32. The Hall–Kier alpha value is -2.59. The van der Waals surface area contributed by atoms with Crippen LogP contribution in [0.15, 0.2) is 33.5 Å². The monoisotopic (exact) mass is 351 g/mol. The first-order valence-corrected chi connectivity index (χ1v) is 7.31. The second-order valence-corrected chi connectivity index (χ2v) is 5.39. The van der Waals surface area contributed by atoms with E-state index in [1.165, 1.54) is 18.2 Å². The molecule has 5 N–H and O–H groups in total. The second kappa shape index (κ2) is 7.99. The molecule has 0 unspecified atom stereocenters. The molecule has 0 saturated carbocycles. The Balaban J connectivity index is 2.30. The quantitative estimate of drug-likeness (QED) is 0.287. The lowest BCUT2D eigenvalue weighted by molar-refractivity contribution is -0.117. The Morgan fingerprint density at radius 3 is 2.44 bits per heavy atom. The summed E-state index contributed by atoms with van der Waals surface area (Å²) in [4.78, 5) is 33.6. The number of aldehydes is 2. The molecule has 25 heavy (non-hydrogen) atoms. The Morgan fingerprint density at radius 1 is 1.12 bits per heavy atom. The number of carbonyl (C=O) groups excluding carboxylic acids is 2. The topological polar surface area (TPSA) is 157 Å². The third-order valence-electron chi connectivity index (χ3n) is 3.68. The van der Waals surface area contributed by atoms with Crippen molar-refractivity contribution in [1.82, 2.24) is 0 Å². The van der Waals surface area contributed by atoms with Crippen LogP contribution in [0.4, 0.5) is 5.69 Å². The van der Waals surface area contributed by atoms with Crippen LogP contribution in [-0.2, 0) is 4.79 Å². The minimum absolute atomic E-state index is 0.0923. The van der Waals surface area contributed by atoms with Crippen molar-refractivity contribution in [3.63, 3.8) is 0 Å². The van der Waals surface area contributed by atoms with Crippen LogP contribution in [-0.4, -0.2) is 64.0 Å². The van der Waals surface area contributed by atoms with E-state index in [-0.39, 0.29) is 16.8 Å². The number of benzene rings is 1. The van der Waals surface area contributed by atoms with Gasteiger partial charge in [-0.05, 0) is 12.1 Å². The zero-order valence-corrected chi connectivity index (χ0v) is 12.9. The number of rotatable bonds is 8. The average Bonchev–Trinajstić information content (AvgIpc) is 2.62. The SMILES string of the molecule is O=Cc1cc(=O)oc2cc(N[C@@H](C=O)[C@@H](O)[C@H](O)[C@H](O)CO)ccc12. The predicted octanol–water partition coefficient (Wildman–Crippen LogP) is -1.34. The molecule has 134 valence electrons. The van der Waals surface area contributed by atoms with Gasteiger partial charge in [0.2, 0.25) is 0 Å². The summed E-state index contributed by atoms with van der Waals surface area (Å²) in [6.45, 7) is -0.792. The molecular formula is C16H17NO8. The molecule has 9 nitrogen and oxygen atoms in total. The minimum Gasteiger partial charge on any atom is -0.423 e. The van der Waals surface area contributed by atoms with Gasteiger partial charge in [0.15, 0.2) is 6.29 Å². The maximum absolute atomic E-state index is 11.4. The van der Waals surface area contributed by atoms with Gasteiger partial charge in [0, 0.05) is 28.8 Å². The fourth-order valence-corrected chi connectivity index (χ4v) is 2.32. The molecule has 0 saturated heterocycles. The Labute approximate surface area is 141 Å². The zero-order valence-electron chi connectivity index (χ0n) is 12.9. The molecule has 0 spiro atoms. The van der Waals surface area contributed by atoms with Crippen LogP contribution in [0.1, 0.15) is 10.4 Å². The molecule has 0 fully saturated rings. The molecular weight excluding hydrogens is 334 g/mol. The Kier molecular flexibility index (Phi) is 5.99. The van der Waals surface area contributed by atoms with Crippen LogP contribution in [0.2, 0.25) is 0 Å². The van der Waals surface area contributed by atoms with E-state index in [9.17, 15) is 29.7 Å².